The standard InChI is InChI=1S/C17H14F2N4O3/c1-23(2)11-3-10(7-20-8-11)16(24)22-15-5-9-4-13-14(6-12(9)21-15)26-17(18,19)25-13/h3-4,6-8H,5H2,1-2H3,(H,21,22,24). The van der Waals surface area contributed by atoms with E-state index in [4.69, 9.17) is 0 Å². The van der Waals surface area contributed by atoms with Gasteiger partial charge in [0.05, 0.1) is 23.1 Å². The third-order valence-electron chi connectivity index (χ3n) is 3.98. The highest BCUT2D eigenvalue weighted by Gasteiger charge is 2.44. The number of aliphatic imine (C=N–C) groups is 1. The van der Waals surface area contributed by atoms with Crippen LogP contribution in [0.1, 0.15) is 15.9 Å². The van der Waals surface area contributed by atoms with Gasteiger partial charge in [0.1, 0.15) is 5.84 Å². The second-order valence-corrected chi connectivity index (χ2v) is 6.11. The number of nitrogens with zero attached hydrogens (tertiary/aromatic N) is 3. The van der Waals surface area contributed by atoms with Gasteiger partial charge in [-0.15, -0.1) is 8.78 Å². The molecule has 4 rings (SSSR count). The lowest BCUT2D eigenvalue weighted by Gasteiger charge is -2.12. The van der Waals surface area contributed by atoms with Gasteiger partial charge in [0.25, 0.3) is 5.91 Å². The predicted octanol–water partition coefficient (Wildman–Crippen LogP) is 2.49. The first-order valence-corrected chi connectivity index (χ1v) is 7.75. The van der Waals surface area contributed by atoms with Crippen LogP contribution in [0.2, 0.25) is 0 Å². The number of amides is 1. The number of rotatable bonds is 2. The summed E-state index contributed by atoms with van der Waals surface area (Å²) >= 11 is 0. The van der Waals surface area contributed by atoms with E-state index in [0.717, 1.165) is 5.69 Å². The maximum Gasteiger partial charge on any atom is 0.586 e. The largest absolute Gasteiger partial charge is 0.586 e. The van der Waals surface area contributed by atoms with Crippen molar-refractivity contribution >= 4 is 23.1 Å². The van der Waals surface area contributed by atoms with E-state index >= 15 is 0 Å². The smallest absolute Gasteiger partial charge is 0.395 e. The zero-order valence-electron chi connectivity index (χ0n) is 13.9. The first-order valence-electron chi connectivity index (χ1n) is 7.75. The maximum absolute atomic E-state index is 13.1. The van der Waals surface area contributed by atoms with Crippen molar-refractivity contribution in [2.45, 2.75) is 12.7 Å². The number of carbonyl (C=O) groups excluding carboxylic acids is 1. The summed E-state index contributed by atoms with van der Waals surface area (Å²) in [5.74, 6) is -0.0533. The lowest BCUT2D eigenvalue weighted by Crippen LogP contribution is -2.30. The van der Waals surface area contributed by atoms with Crippen molar-refractivity contribution in [2.75, 3.05) is 19.0 Å². The summed E-state index contributed by atoms with van der Waals surface area (Å²) in [5, 5.41) is 2.72. The molecular weight excluding hydrogens is 346 g/mol. The van der Waals surface area contributed by atoms with E-state index in [9.17, 15) is 13.6 Å². The normalized spacial score (nSPS) is 16.1. The molecule has 1 aromatic heterocycles. The molecule has 2 aliphatic heterocycles. The molecule has 0 spiro atoms. The molecule has 1 amide bonds. The van der Waals surface area contributed by atoms with Gasteiger partial charge in [-0.05, 0) is 17.7 Å². The molecule has 0 aliphatic carbocycles. The molecule has 134 valence electrons. The second kappa shape index (κ2) is 5.65. The number of amidine groups is 1. The van der Waals surface area contributed by atoms with Crippen LogP contribution in [0, 0.1) is 0 Å². The van der Waals surface area contributed by atoms with Crippen LogP contribution in [-0.4, -0.2) is 37.1 Å². The van der Waals surface area contributed by atoms with E-state index in [-0.39, 0.29) is 17.4 Å². The Morgan fingerprint density at radius 3 is 2.65 bits per heavy atom. The minimum atomic E-state index is -3.66. The van der Waals surface area contributed by atoms with Crippen molar-refractivity contribution in [1.29, 1.82) is 0 Å². The summed E-state index contributed by atoms with van der Waals surface area (Å²) in [6, 6.07) is 4.53. The first-order chi connectivity index (χ1) is 12.3. The quantitative estimate of drug-likeness (QED) is 0.891. The van der Waals surface area contributed by atoms with Crippen molar-refractivity contribution in [1.82, 2.24) is 10.3 Å². The molecule has 0 unspecified atom stereocenters. The fourth-order valence-corrected chi connectivity index (χ4v) is 2.71. The van der Waals surface area contributed by atoms with Gasteiger partial charge < -0.3 is 19.7 Å². The van der Waals surface area contributed by atoms with Crippen molar-refractivity contribution in [3.8, 4) is 11.5 Å². The van der Waals surface area contributed by atoms with Gasteiger partial charge in [-0.1, -0.05) is 0 Å². The summed E-state index contributed by atoms with van der Waals surface area (Å²) in [4.78, 5) is 22.6. The number of carbonyl (C=O) groups is 1. The van der Waals surface area contributed by atoms with Crippen LogP contribution in [0.4, 0.5) is 20.2 Å². The number of pyridine rings is 1. The van der Waals surface area contributed by atoms with Crippen molar-refractivity contribution in [2.24, 2.45) is 4.99 Å². The van der Waals surface area contributed by atoms with Gasteiger partial charge >= 0.3 is 6.29 Å². The van der Waals surface area contributed by atoms with Crippen LogP contribution in [-0.2, 0) is 6.42 Å². The Labute approximate surface area is 147 Å². The number of halogens is 2. The van der Waals surface area contributed by atoms with Crippen molar-refractivity contribution in [3.05, 3.63) is 41.7 Å². The summed E-state index contributed by atoms with van der Waals surface area (Å²) in [7, 11) is 3.70. The minimum absolute atomic E-state index is 0.0422. The van der Waals surface area contributed by atoms with Gasteiger partial charge in [0.15, 0.2) is 11.5 Å². The van der Waals surface area contributed by atoms with Gasteiger partial charge in [-0.2, -0.15) is 0 Å². The van der Waals surface area contributed by atoms with Gasteiger partial charge in [0, 0.05) is 32.8 Å². The highest BCUT2D eigenvalue weighted by atomic mass is 19.3. The van der Waals surface area contributed by atoms with Crippen LogP contribution >= 0.6 is 0 Å². The monoisotopic (exact) mass is 360 g/mol. The van der Waals surface area contributed by atoms with Gasteiger partial charge in [0.2, 0.25) is 0 Å². The average molecular weight is 360 g/mol. The summed E-state index contributed by atoms with van der Waals surface area (Å²) < 4.78 is 35.1. The second-order valence-electron chi connectivity index (χ2n) is 6.11. The molecule has 0 saturated heterocycles. The first kappa shape index (κ1) is 16.2. The third kappa shape index (κ3) is 2.92. The van der Waals surface area contributed by atoms with Crippen LogP contribution in [0.3, 0.4) is 0 Å². The maximum atomic E-state index is 13.1. The molecule has 26 heavy (non-hydrogen) atoms. The molecule has 1 aromatic carbocycles. The van der Waals surface area contributed by atoms with Crippen LogP contribution in [0.15, 0.2) is 35.6 Å². The summed E-state index contributed by atoms with van der Waals surface area (Å²) in [6.07, 6.45) is -0.257. The lowest BCUT2D eigenvalue weighted by molar-refractivity contribution is -0.286. The molecule has 2 aliphatic rings. The van der Waals surface area contributed by atoms with E-state index in [1.54, 1.807) is 12.3 Å². The third-order valence-corrected chi connectivity index (χ3v) is 3.98. The highest BCUT2D eigenvalue weighted by Crippen LogP contribution is 2.45. The molecule has 0 fully saturated rings. The molecule has 0 atom stereocenters. The molecule has 0 radical (unpaired) electrons. The summed E-state index contributed by atoms with van der Waals surface area (Å²) in [6.45, 7) is 0. The number of hydrogen-bond donors (Lipinski definition) is 1. The Bertz CT molecular complexity index is 944. The van der Waals surface area contributed by atoms with E-state index in [0.29, 0.717) is 29.1 Å². The van der Waals surface area contributed by atoms with E-state index in [1.165, 1.54) is 18.3 Å². The molecule has 7 nitrogen and oxygen atoms in total. The molecule has 3 heterocycles. The number of benzene rings is 1. The van der Waals surface area contributed by atoms with E-state index < -0.39 is 6.29 Å². The van der Waals surface area contributed by atoms with Crippen LogP contribution < -0.4 is 19.7 Å². The number of anilines is 1. The number of alkyl halides is 2. The Morgan fingerprint density at radius 2 is 1.92 bits per heavy atom. The molecule has 0 bridgehead atoms. The summed E-state index contributed by atoms with van der Waals surface area (Å²) in [5.41, 5.74) is 2.31. The van der Waals surface area contributed by atoms with Crippen molar-refractivity contribution < 1.29 is 23.0 Å². The number of nitrogens with one attached hydrogen (secondary N) is 1. The zero-order chi connectivity index (χ0) is 18.5. The molecule has 0 saturated carbocycles. The van der Waals surface area contributed by atoms with Crippen molar-refractivity contribution in [3.63, 3.8) is 0 Å². The molecule has 9 heteroatoms. The molecular formula is C17H14F2N4O3. The van der Waals surface area contributed by atoms with Crippen LogP contribution in [0.5, 0.6) is 11.5 Å². The topological polar surface area (TPSA) is 76.1 Å². The number of ether oxygens (including phenoxy) is 2. The molecule has 2 aromatic rings. The number of aromatic nitrogens is 1. The molecule has 1 N–H and O–H groups in total. The van der Waals surface area contributed by atoms with Crippen LogP contribution in [0.25, 0.3) is 0 Å². The Kier molecular flexibility index (Phi) is 3.53. The Morgan fingerprint density at radius 1 is 1.19 bits per heavy atom. The van der Waals surface area contributed by atoms with E-state index in [2.05, 4.69) is 24.8 Å². The Hall–Kier alpha value is -3.23. The Balaban J connectivity index is 1.52. The predicted molar refractivity (Wildman–Crippen MR) is 89.5 cm³/mol. The van der Waals surface area contributed by atoms with E-state index in [1.807, 2.05) is 19.0 Å². The van der Waals surface area contributed by atoms with Gasteiger partial charge in [-0.3, -0.25) is 9.78 Å². The fraction of sp³-hybridized carbons (Fsp3) is 0.235. The van der Waals surface area contributed by atoms with Gasteiger partial charge in [-0.25, -0.2) is 4.99 Å². The number of fused-ring (bicyclic) bond motifs is 2. The minimum Gasteiger partial charge on any atom is -0.395 e. The lowest BCUT2D eigenvalue weighted by atomic mass is 10.1. The SMILES string of the molecule is CN(C)c1cncc(C(=O)NC2=Nc3cc4c(cc3C2)OC(F)(F)O4)c1. The average Bonchev–Trinajstić information content (AvgIpc) is 3.09. The fourth-order valence-electron chi connectivity index (χ4n) is 2.71. The number of hydrogen-bond acceptors (Lipinski definition) is 6. The highest BCUT2D eigenvalue weighted by molar-refractivity contribution is 6.09. The zero-order valence-corrected chi connectivity index (χ0v) is 13.9.